The molecular weight excluding hydrogens is 525 g/mol. The molecule has 34 heavy (non-hydrogen) atoms. The Hall–Kier alpha value is -2.46. The Morgan fingerprint density at radius 3 is 2.29 bits per heavy atom. The number of hydrogen-bond acceptors (Lipinski definition) is 4. The highest BCUT2D eigenvalue weighted by molar-refractivity contribution is 9.10. The van der Waals surface area contributed by atoms with Gasteiger partial charge in [0.05, 0.1) is 11.9 Å². The summed E-state index contributed by atoms with van der Waals surface area (Å²) in [4.78, 5) is 27.8. The second-order valence-corrected chi connectivity index (χ2v) is 10.7. The Bertz CT molecular complexity index is 1080. The lowest BCUT2D eigenvalue weighted by molar-refractivity contribution is -0.140. The van der Waals surface area contributed by atoms with Crippen molar-refractivity contribution in [3.8, 4) is 0 Å². The van der Waals surface area contributed by atoms with Crippen LogP contribution in [0.15, 0.2) is 53.0 Å². The number of sulfonamides is 1. The maximum atomic E-state index is 13.5. The third-order valence-corrected chi connectivity index (χ3v) is 7.08. The molecule has 2 rings (SSSR count). The molecule has 0 aliphatic heterocycles. The number of carbonyl (C=O) groups excluding carboxylic acids is 2. The van der Waals surface area contributed by atoms with Crippen molar-refractivity contribution in [1.82, 2.24) is 10.2 Å². The van der Waals surface area contributed by atoms with Gasteiger partial charge in [0.25, 0.3) is 0 Å². The number of anilines is 1. The quantitative estimate of drug-likeness (QED) is 0.400. The number of para-hydroxylation sites is 1. The maximum Gasteiger partial charge on any atom is 0.244 e. The zero-order chi connectivity index (χ0) is 25.3. The molecule has 0 radical (unpaired) electrons. The molecule has 0 aromatic heterocycles. The topological polar surface area (TPSA) is 86.8 Å². The molecule has 10 heteroatoms. The molecule has 0 saturated carbocycles. The van der Waals surface area contributed by atoms with Crippen molar-refractivity contribution in [1.29, 1.82) is 0 Å². The number of halogens is 2. The molecule has 186 valence electrons. The van der Waals surface area contributed by atoms with E-state index in [2.05, 4.69) is 21.2 Å². The van der Waals surface area contributed by atoms with E-state index in [1.54, 1.807) is 43.3 Å². The SMILES string of the molecule is CCCCNC(=O)C(CC)N(Cc1ccc(F)cc1)C(=O)CN(c1ccccc1Br)S(C)(=O)=O. The van der Waals surface area contributed by atoms with Crippen molar-refractivity contribution in [3.63, 3.8) is 0 Å². The highest BCUT2D eigenvalue weighted by Crippen LogP contribution is 2.28. The highest BCUT2D eigenvalue weighted by atomic mass is 79.9. The molecule has 0 spiro atoms. The molecule has 1 atom stereocenters. The average molecular weight is 556 g/mol. The zero-order valence-electron chi connectivity index (χ0n) is 19.6. The smallest absolute Gasteiger partial charge is 0.244 e. The third kappa shape index (κ3) is 7.80. The lowest BCUT2D eigenvalue weighted by Gasteiger charge is -2.33. The Kier molecular flexibility index (Phi) is 10.5. The molecule has 0 aliphatic rings. The van der Waals surface area contributed by atoms with Crippen LogP contribution in [-0.4, -0.2) is 50.5 Å². The summed E-state index contributed by atoms with van der Waals surface area (Å²) < 4.78 is 40.1. The van der Waals surface area contributed by atoms with Gasteiger partial charge in [-0.2, -0.15) is 0 Å². The van der Waals surface area contributed by atoms with Crippen LogP contribution >= 0.6 is 15.9 Å². The van der Waals surface area contributed by atoms with Crippen molar-refractivity contribution in [2.24, 2.45) is 0 Å². The summed E-state index contributed by atoms with van der Waals surface area (Å²) in [5, 5.41) is 2.86. The van der Waals surface area contributed by atoms with Crippen LogP contribution in [0, 0.1) is 5.82 Å². The Morgan fingerprint density at radius 1 is 1.09 bits per heavy atom. The van der Waals surface area contributed by atoms with Crippen LogP contribution < -0.4 is 9.62 Å². The first-order valence-corrected chi connectivity index (χ1v) is 13.8. The van der Waals surface area contributed by atoms with Gasteiger partial charge in [-0.15, -0.1) is 0 Å². The molecule has 1 unspecified atom stereocenters. The van der Waals surface area contributed by atoms with Gasteiger partial charge >= 0.3 is 0 Å². The Morgan fingerprint density at radius 2 is 1.74 bits per heavy atom. The van der Waals surface area contributed by atoms with Gasteiger partial charge in [0.1, 0.15) is 18.4 Å². The third-order valence-electron chi connectivity index (χ3n) is 5.28. The van der Waals surface area contributed by atoms with Gasteiger partial charge in [-0.25, -0.2) is 12.8 Å². The molecule has 1 N–H and O–H groups in total. The van der Waals surface area contributed by atoms with E-state index >= 15 is 0 Å². The molecular formula is C24H31BrFN3O4S. The van der Waals surface area contributed by atoms with E-state index in [1.807, 2.05) is 6.92 Å². The number of unbranched alkanes of at least 4 members (excludes halogenated alkanes) is 1. The number of benzene rings is 2. The van der Waals surface area contributed by atoms with Crippen molar-refractivity contribution < 1.29 is 22.4 Å². The van der Waals surface area contributed by atoms with Crippen LogP contribution in [0.2, 0.25) is 0 Å². The van der Waals surface area contributed by atoms with Crippen molar-refractivity contribution in [2.75, 3.05) is 23.7 Å². The Labute approximate surface area is 209 Å². The Balaban J connectivity index is 2.40. The fourth-order valence-electron chi connectivity index (χ4n) is 3.46. The lowest BCUT2D eigenvalue weighted by Crippen LogP contribution is -2.52. The van der Waals surface area contributed by atoms with Crippen molar-refractivity contribution in [3.05, 3.63) is 64.4 Å². The standard InChI is InChI=1S/C24H31BrFN3O4S/c1-4-6-15-27-24(31)21(5-2)28(16-18-11-13-19(26)14-12-18)23(30)17-29(34(3,32)33)22-10-8-7-9-20(22)25/h7-14,21H,4-6,15-17H2,1-3H3,(H,27,31). The normalized spacial score (nSPS) is 12.1. The van der Waals surface area contributed by atoms with Gasteiger partial charge < -0.3 is 10.2 Å². The van der Waals surface area contributed by atoms with Crippen LogP contribution in [0.1, 0.15) is 38.7 Å². The van der Waals surface area contributed by atoms with Crippen molar-refractivity contribution in [2.45, 2.75) is 45.7 Å². The molecule has 7 nitrogen and oxygen atoms in total. The first-order chi connectivity index (χ1) is 16.1. The maximum absolute atomic E-state index is 13.5. The van der Waals surface area contributed by atoms with Crippen LogP contribution in [0.5, 0.6) is 0 Å². The number of amides is 2. The second-order valence-electron chi connectivity index (χ2n) is 7.94. The van der Waals surface area contributed by atoms with E-state index in [9.17, 15) is 22.4 Å². The molecule has 0 heterocycles. The van der Waals surface area contributed by atoms with Gasteiger partial charge in [0, 0.05) is 17.6 Å². The van der Waals surface area contributed by atoms with Gasteiger partial charge in [0.2, 0.25) is 21.8 Å². The fourth-order valence-corrected chi connectivity index (χ4v) is 4.94. The van der Waals surface area contributed by atoms with Crippen molar-refractivity contribution >= 4 is 43.5 Å². The van der Waals surface area contributed by atoms with Crippen LogP contribution in [0.25, 0.3) is 0 Å². The number of hydrogen-bond donors (Lipinski definition) is 1. The lowest BCUT2D eigenvalue weighted by atomic mass is 10.1. The van der Waals surface area contributed by atoms with Gasteiger partial charge in [-0.3, -0.25) is 13.9 Å². The minimum atomic E-state index is -3.81. The van der Waals surface area contributed by atoms with E-state index in [4.69, 9.17) is 0 Å². The minimum absolute atomic E-state index is 0.0341. The summed E-state index contributed by atoms with van der Waals surface area (Å²) in [6.45, 7) is 3.83. The first kappa shape index (κ1) is 27.8. The summed E-state index contributed by atoms with van der Waals surface area (Å²) in [5.41, 5.74) is 0.946. The monoisotopic (exact) mass is 555 g/mol. The summed E-state index contributed by atoms with van der Waals surface area (Å²) in [7, 11) is -3.81. The second kappa shape index (κ2) is 12.9. The number of rotatable bonds is 12. The van der Waals surface area contributed by atoms with Gasteiger partial charge in [0.15, 0.2) is 0 Å². The van der Waals surface area contributed by atoms with Crippen LogP contribution in [0.3, 0.4) is 0 Å². The molecule has 0 bridgehead atoms. The molecule has 2 aromatic carbocycles. The minimum Gasteiger partial charge on any atom is -0.354 e. The fraction of sp³-hybridized carbons (Fsp3) is 0.417. The first-order valence-electron chi connectivity index (χ1n) is 11.1. The number of nitrogens with zero attached hydrogens (tertiary/aromatic N) is 2. The predicted molar refractivity (Wildman–Crippen MR) is 135 cm³/mol. The van der Waals surface area contributed by atoms with Crippen LogP contribution in [-0.2, 0) is 26.2 Å². The molecule has 0 fully saturated rings. The summed E-state index contributed by atoms with van der Waals surface area (Å²) >= 11 is 3.35. The van der Waals surface area contributed by atoms with Crippen LogP contribution in [0.4, 0.5) is 10.1 Å². The number of nitrogens with one attached hydrogen (secondary N) is 1. The zero-order valence-corrected chi connectivity index (χ0v) is 22.0. The largest absolute Gasteiger partial charge is 0.354 e. The van der Waals surface area contributed by atoms with E-state index in [0.29, 0.717) is 28.7 Å². The van der Waals surface area contributed by atoms with E-state index in [0.717, 1.165) is 23.4 Å². The molecule has 2 amide bonds. The summed E-state index contributed by atoms with van der Waals surface area (Å²) in [6, 6.07) is 11.5. The molecule has 0 aliphatic carbocycles. The van der Waals surface area contributed by atoms with E-state index in [1.165, 1.54) is 17.0 Å². The van der Waals surface area contributed by atoms with Gasteiger partial charge in [-0.05, 0) is 58.6 Å². The number of carbonyl (C=O) groups is 2. The molecule has 2 aromatic rings. The van der Waals surface area contributed by atoms with Gasteiger partial charge in [-0.1, -0.05) is 44.5 Å². The summed E-state index contributed by atoms with van der Waals surface area (Å²) in [5.74, 6) is -1.26. The predicted octanol–water partition coefficient (Wildman–Crippen LogP) is 4.08. The molecule has 0 saturated heterocycles. The average Bonchev–Trinajstić information content (AvgIpc) is 2.78. The van der Waals surface area contributed by atoms with E-state index < -0.39 is 34.3 Å². The highest BCUT2D eigenvalue weighted by Gasteiger charge is 2.32. The van der Waals surface area contributed by atoms with E-state index in [-0.39, 0.29) is 12.5 Å². The summed E-state index contributed by atoms with van der Waals surface area (Å²) in [6.07, 6.45) is 3.07.